The van der Waals surface area contributed by atoms with Crippen LogP contribution >= 0.6 is 0 Å². The highest BCUT2D eigenvalue weighted by Crippen LogP contribution is 1.93. The number of ketones is 1. The lowest BCUT2D eigenvalue weighted by atomic mass is 10.2. The molecule has 3 heteroatoms. The molecular formula is C9H18N2O. The lowest BCUT2D eigenvalue weighted by Gasteiger charge is -2.04. The first-order chi connectivity index (χ1) is 5.52. The van der Waals surface area contributed by atoms with E-state index in [0.717, 1.165) is 12.1 Å². The number of Topliss-reactive ketones (excluding diaryl/α,β-unsaturated/α-hetero) is 1. The van der Waals surface area contributed by atoms with Crippen molar-refractivity contribution in [2.24, 2.45) is 5.10 Å². The normalized spacial score (nSPS) is 11.9. The number of hydrazone groups is 1. The fourth-order valence-electron chi connectivity index (χ4n) is 0.652. The molecular weight excluding hydrogens is 152 g/mol. The molecule has 0 bridgehead atoms. The molecule has 0 spiro atoms. The predicted octanol–water partition coefficient (Wildman–Crippen LogP) is 1.73. The molecule has 0 fully saturated rings. The number of carbonyl (C=O) groups excluding carboxylic acids is 1. The second-order valence-corrected chi connectivity index (χ2v) is 3.33. The molecule has 0 saturated carbocycles. The quantitative estimate of drug-likeness (QED) is 0.504. The molecule has 0 aromatic heterocycles. The minimum absolute atomic E-state index is 0.217. The predicted molar refractivity (Wildman–Crippen MR) is 51.3 cm³/mol. The van der Waals surface area contributed by atoms with Crippen LogP contribution in [0.1, 0.15) is 40.5 Å². The van der Waals surface area contributed by atoms with Crippen molar-refractivity contribution in [3.63, 3.8) is 0 Å². The van der Waals surface area contributed by atoms with Crippen molar-refractivity contribution in [1.82, 2.24) is 5.43 Å². The summed E-state index contributed by atoms with van der Waals surface area (Å²) < 4.78 is 0. The zero-order valence-electron chi connectivity index (χ0n) is 8.35. The van der Waals surface area contributed by atoms with Crippen LogP contribution in [0.5, 0.6) is 0 Å². The molecule has 0 aliphatic carbocycles. The second kappa shape index (κ2) is 5.75. The number of hydrogen-bond acceptors (Lipinski definition) is 3. The van der Waals surface area contributed by atoms with Crippen LogP contribution in [0.2, 0.25) is 0 Å². The maximum Gasteiger partial charge on any atom is 0.130 e. The molecule has 0 amide bonds. The van der Waals surface area contributed by atoms with Gasteiger partial charge < -0.3 is 10.2 Å². The zero-order chi connectivity index (χ0) is 9.56. The van der Waals surface area contributed by atoms with Gasteiger partial charge in [-0.25, -0.2) is 0 Å². The van der Waals surface area contributed by atoms with Crippen LogP contribution in [-0.2, 0) is 4.79 Å². The Hall–Kier alpha value is -0.860. The molecule has 0 atom stereocenters. The first-order valence-corrected chi connectivity index (χ1v) is 4.30. The Morgan fingerprint density at radius 1 is 1.33 bits per heavy atom. The summed E-state index contributed by atoms with van der Waals surface area (Å²) in [7, 11) is 0. The van der Waals surface area contributed by atoms with Gasteiger partial charge in [0, 0.05) is 18.2 Å². The van der Waals surface area contributed by atoms with Gasteiger partial charge in [-0.15, -0.1) is 0 Å². The fourth-order valence-corrected chi connectivity index (χ4v) is 0.652. The van der Waals surface area contributed by atoms with Crippen molar-refractivity contribution >= 4 is 11.5 Å². The van der Waals surface area contributed by atoms with Crippen molar-refractivity contribution < 1.29 is 4.79 Å². The number of nitrogens with one attached hydrogen (secondary N) is 1. The summed E-state index contributed by atoms with van der Waals surface area (Å²) in [6, 6.07) is 0.359. The molecule has 0 aromatic rings. The lowest BCUT2D eigenvalue weighted by Crippen LogP contribution is -2.17. The molecule has 0 aliphatic rings. The number of rotatable bonds is 5. The van der Waals surface area contributed by atoms with Gasteiger partial charge >= 0.3 is 0 Å². The second-order valence-electron chi connectivity index (χ2n) is 3.33. The van der Waals surface area contributed by atoms with Gasteiger partial charge in [0.15, 0.2) is 0 Å². The number of nitrogens with zero attached hydrogens (tertiary/aromatic N) is 1. The third kappa shape index (κ3) is 7.25. The van der Waals surface area contributed by atoms with E-state index in [1.54, 1.807) is 6.92 Å². The molecule has 70 valence electrons. The van der Waals surface area contributed by atoms with Crippen molar-refractivity contribution in [3.8, 4) is 0 Å². The Labute approximate surface area is 74.2 Å². The Morgan fingerprint density at radius 2 is 1.92 bits per heavy atom. The van der Waals surface area contributed by atoms with Crippen molar-refractivity contribution in [2.75, 3.05) is 0 Å². The smallest absolute Gasteiger partial charge is 0.130 e. The zero-order valence-corrected chi connectivity index (χ0v) is 8.35. The molecule has 0 saturated heterocycles. The van der Waals surface area contributed by atoms with Crippen LogP contribution in [0.15, 0.2) is 5.10 Å². The number of hydrogen-bond donors (Lipinski definition) is 1. The van der Waals surface area contributed by atoms with Gasteiger partial charge in [-0.05, 0) is 34.1 Å². The summed E-state index contributed by atoms with van der Waals surface area (Å²) in [5.74, 6) is 0.217. The highest BCUT2D eigenvalue weighted by atomic mass is 16.1. The Morgan fingerprint density at radius 3 is 2.33 bits per heavy atom. The topological polar surface area (TPSA) is 41.5 Å². The highest BCUT2D eigenvalue weighted by Gasteiger charge is 1.96. The van der Waals surface area contributed by atoms with E-state index in [4.69, 9.17) is 0 Å². The van der Waals surface area contributed by atoms with Crippen molar-refractivity contribution in [1.29, 1.82) is 0 Å². The van der Waals surface area contributed by atoms with Crippen LogP contribution < -0.4 is 5.43 Å². The standard InChI is InChI=1S/C9H18N2O/c1-7(2)10-11-8(3)5-6-9(4)12/h7,10H,5-6H2,1-4H3. The van der Waals surface area contributed by atoms with E-state index in [0.29, 0.717) is 12.5 Å². The Kier molecular flexibility index (Phi) is 5.34. The molecule has 0 heterocycles. The van der Waals surface area contributed by atoms with E-state index in [9.17, 15) is 4.79 Å². The first-order valence-electron chi connectivity index (χ1n) is 4.30. The van der Waals surface area contributed by atoms with E-state index in [1.165, 1.54) is 0 Å². The summed E-state index contributed by atoms with van der Waals surface area (Å²) in [4.78, 5) is 10.6. The maximum absolute atomic E-state index is 10.6. The van der Waals surface area contributed by atoms with Gasteiger partial charge in [0.2, 0.25) is 0 Å². The van der Waals surface area contributed by atoms with Crippen molar-refractivity contribution in [2.45, 2.75) is 46.6 Å². The van der Waals surface area contributed by atoms with Gasteiger partial charge in [0.05, 0.1) is 0 Å². The summed E-state index contributed by atoms with van der Waals surface area (Å²) in [5.41, 5.74) is 3.93. The average Bonchev–Trinajstić information content (AvgIpc) is 1.96. The van der Waals surface area contributed by atoms with E-state index in [1.807, 2.05) is 20.8 Å². The lowest BCUT2D eigenvalue weighted by molar-refractivity contribution is -0.116. The van der Waals surface area contributed by atoms with E-state index < -0.39 is 0 Å². The number of carbonyl (C=O) groups is 1. The maximum atomic E-state index is 10.6. The first kappa shape index (κ1) is 11.1. The molecule has 12 heavy (non-hydrogen) atoms. The Balaban J connectivity index is 3.63. The molecule has 0 radical (unpaired) electrons. The van der Waals surface area contributed by atoms with Crippen molar-refractivity contribution in [3.05, 3.63) is 0 Å². The Bertz CT molecular complexity index is 173. The fraction of sp³-hybridized carbons (Fsp3) is 0.778. The monoisotopic (exact) mass is 170 g/mol. The van der Waals surface area contributed by atoms with Crippen LogP contribution in [0.3, 0.4) is 0 Å². The van der Waals surface area contributed by atoms with Crippen LogP contribution in [0.25, 0.3) is 0 Å². The third-order valence-electron chi connectivity index (χ3n) is 1.35. The molecule has 0 unspecified atom stereocenters. The van der Waals surface area contributed by atoms with Crippen LogP contribution in [0.4, 0.5) is 0 Å². The minimum Gasteiger partial charge on any atom is -0.308 e. The van der Waals surface area contributed by atoms with E-state index in [2.05, 4.69) is 10.5 Å². The summed E-state index contributed by atoms with van der Waals surface area (Å²) in [6.45, 7) is 7.59. The third-order valence-corrected chi connectivity index (χ3v) is 1.35. The van der Waals surface area contributed by atoms with Gasteiger partial charge in [-0.3, -0.25) is 0 Å². The minimum atomic E-state index is 0.217. The SMILES string of the molecule is CC(=O)CCC(C)=NNC(C)C. The molecule has 1 N–H and O–H groups in total. The average molecular weight is 170 g/mol. The summed E-state index contributed by atoms with van der Waals surface area (Å²) in [5, 5.41) is 4.11. The molecule has 0 rings (SSSR count). The van der Waals surface area contributed by atoms with Crippen LogP contribution in [0, 0.1) is 0 Å². The largest absolute Gasteiger partial charge is 0.308 e. The highest BCUT2D eigenvalue weighted by molar-refractivity contribution is 5.86. The van der Waals surface area contributed by atoms with Gasteiger partial charge in [0.1, 0.15) is 5.78 Å². The molecule has 0 aromatic carbocycles. The summed E-state index contributed by atoms with van der Waals surface area (Å²) in [6.07, 6.45) is 1.35. The van der Waals surface area contributed by atoms with Gasteiger partial charge in [-0.1, -0.05) is 0 Å². The van der Waals surface area contributed by atoms with E-state index >= 15 is 0 Å². The summed E-state index contributed by atoms with van der Waals surface area (Å²) >= 11 is 0. The molecule has 3 nitrogen and oxygen atoms in total. The molecule has 0 aliphatic heterocycles. The van der Waals surface area contributed by atoms with Crippen LogP contribution in [-0.4, -0.2) is 17.5 Å². The van der Waals surface area contributed by atoms with Gasteiger partial charge in [0.25, 0.3) is 0 Å². The van der Waals surface area contributed by atoms with E-state index in [-0.39, 0.29) is 5.78 Å². The van der Waals surface area contributed by atoms with Gasteiger partial charge in [-0.2, -0.15) is 5.10 Å².